The van der Waals surface area contributed by atoms with Gasteiger partial charge in [0.15, 0.2) is 0 Å². The first-order chi connectivity index (χ1) is 12.8. The van der Waals surface area contributed by atoms with Crippen LogP contribution in [0.4, 0.5) is 5.69 Å². The lowest BCUT2D eigenvalue weighted by molar-refractivity contribution is 0.0941. The molecule has 1 saturated heterocycles. The number of hydrogen-bond acceptors (Lipinski definition) is 6. The molecule has 1 aromatic heterocycles. The molecule has 10 nitrogen and oxygen atoms in total. The smallest absolute Gasteiger partial charge is 0.328 e. The minimum atomic E-state index is -3.85. The molecule has 2 heterocycles. The second-order valence-corrected chi connectivity index (χ2v) is 7.64. The van der Waals surface area contributed by atoms with E-state index in [1.807, 2.05) is 0 Å². The number of aromatic nitrogens is 2. The first-order valence-corrected chi connectivity index (χ1v) is 9.68. The van der Waals surface area contributed by atoms with Crippen molar-refractivity contribution in [2.24, 2.45) is 5.14 Å². The van der Waals surface area contributed by atoms with Crippen molar-refractivity contribution in [1.82, 2.24) is 9.55 Å². The fourth-order valence-electron chi connectivity index (χ4n) is 2.76. The van der Waals surface area contributed by atoms with Crippen molar-refractivity contribution in [2.75, 3.05) is 11.9 Å². The highest BCUT2D eigenvalue weighted by Gasteiger charge is 2.21. The summed E-state index contributed by atoms with van der Waals surface area (Å²) in [6.45, 7) is 0.643. The van der Waals surface area contributed by atoms with Crippen LogP contribution >= 0.6 is 0 Å². The third-order valence-electron chi connectivity index (χ3n) is 4.16. The average molecular weight is 394 g/mol. The zero-order chi connectivity index (χ0) is 19.6. The van der Waals surface area contributed by atoms with Crippen LogP contribution in [0.15, 0.2) is 44.9 Å². The fraction of sp³-hybridized carbons (Fsp3) is 0.312. The predicted molar refractivity (Wildman–Crippen MR) is 96.1 cm³/mol. The molecule has 3 rings (SSSR count). The lowest BCUT2D eigenvalue weighted by Gasteiger charge is -2.12. The van der Waals surface area contributed by atoms with Crippen LogP contribution in [0.3, 0.4) is 0 Å². The lowest BCUT2D eigenvalue weighted by atomic mass is 10.2. The Bertz CT molecular complexity index is 1070. The first kappa shape index (κ1) is 19.0. The van der Waals surface area contributed by atoms with Crippen LogP contribution in [-0.4, -0.2) is 36.6 Å². The van der Waals surface area contributed by atoms with Crippen LogP contribution in [-0.2, 0) is 21.3 Å². The number of H-pyrrole nitrogens is 1. The molecule has 4 N–H and O–H groups in total. The van der Waals surface area contributed by atoms with Crippen LogP contribution in [0, 0.1) is 0 Å². The van der Waals surface area contributed by atoms with Gasteiger partial charge in [-0.1, -0.05) is 0 Å². The number of carbonyl (C=O) groups excluding carboxylic acids is 1. The number of amides is 1. The van der Waals surface area contributed by atoms with Crippen molar-refractivity contribution < 1.29 is 17.9 Å². The first-order valence-electron chi connectivity index (χ1n) is 8.14. The fourth-order valence-corrected chi connectivity index (χ4v) is 3.27. The van der Waals surface area contributed by atoms with Crippen molar-refractivity contribution in [3.8, 4) is 0 Å². The standard InChI is InChI=1S/C16H18N4O6S/c17-27(24,25)12-5-3-10(4-6-12)19-14(21)13-8-18-16(23)20(15(13)22)9-11-2-1-7-26-11/h3-6,8,11H,1-2,7,9H2,(H,18,23)(H,19,21)(H2,17,24,25). The molecule has 0 radical (unpaired) electrons. The highest BCUT2D eigenvalue weighted by molar-refractivity contribution is 7.89. The Morgan fingerprint density at radius 2 is 2.00 bits per heavy atom. The Morgan fingerprint density at radius 1 is 1.30 bits per heavy atom. The van der Waals surface area contributed by atoms with Crippen molar-refractivity contribution in [2.45, 2.75) is 30.4 Å². The molecule has 144 valence electrons. The van der Waals surface area contributed by atoms with Gasteiger partial charge in [-0.25, -0.2) is 18.4 Å². The number of primary sulfonamides is 1. The zero-order valence-corrected chi connectivity index (χ0v) is 15.0. The highest BCUT2D eigenvalue weighted by atomic mass is 32.2. The Labute approximate surface area is 154 Å². The van der Waals surface area contributed by atoms with Gasteiger partial charge < -0.3 is 15.0 Å². The van der Waals surface area contributed by atoms with Gasteiger partial charge in [-0.3, -0.25) is 14.2 Å². The van der Waals surface area contributed by atoms with Crippen LogP contribution in [0.5, 0.6) is 0 Å². The number of rotatable bonds is 5. The molecule has 11 heteroatoms. The average Bonchev–Trinajstić information content (AvgIpc) is 3.11. The summed E-state index contributed by atoms with van der Waals surface area (Å²) in [4.78, 5) is 39.1. The topological polar surface area (TPSA) is 153 Å². The van der Waals surface area contributed by atoms with Crippen molar-refractivity contribution in [1.29, 1.82) is 0 Å². The predicted octanol–water partition coefficient (Wildman–Crippen LogP) is -0.385. The molecule has 27 heavy (non-hydrogen) atoms. The molecule has 1 atom stereocenters. The Morgan fingerprint density at radius 3 is 2.59 bits per heavy atom. The summed E-state index contributed by atoms with van der Waals surface area (Å²) >= 11 is 0. The van der Waals surface area contributed by atoms with E-state index in [9.17, 15) is 22.8 Å². The minimum absolute atomic E-state index is 0.0678. The van der Waals surface area contributed by atoms with Crippen molar-refractivity contribution in [3.63, 3.8) is 0 Å². The van der Waals surface area contributed by atoms with Gasteiger partial charge in [-0.05, 0) is 37.1 Å². The van der Waals surface area contributed by atoms with E-state index in [1.54, 1.807) is 0 Å². The number of hydrogen-bond donors (Lipinski definition) is 3. The van der Waals surface area contributed by atoms with Crippen LogP contribution < -0.4 is 21.7 Å². The molecular formula is C16H18N4O6S. The number of nitrogens with zero attached hydrogens (tertiary/aromatic N) is 1. The van der Waals surface area contributed by atoms with E-state index in [4.69, 9.17) is 9.88 Å². The van der Waals surface area contributed by atoms with Gasteiger partial charge in [-0.15, -0.1) is 0 Å². The molecule has 0 spiro atoms. The number of nitrogens with one attached hydrogen (secondary N) is 2. The number of ether oxygens (including phenoxy) is 1. The summed E-state index contributed by atoms with van der Waals surface area (Å²) in [6, 6.07) is 5.14. The van der Waals surface area contributed by atoms with E-state index in [0.717, 1.165) is 23.6 Å². The van der Waals surface area contributed by atoms with Crippen molar-refractivity contribution >= 4 is 21.6 Å². The molecule has 1 aliphatic heterocycles. The van der Waals surface area contributed by atoms with Gasteiger partial charge >= 0.3 is 5.69 Å². The van der Waals surface area contributed by atoms with Crippen LogP contribution in [0.25, 0.3) is 0 Å². The minimum Gasteiger partial charge on any atom is -0.376 e. The largest absolute Gasteiger partial charge is 0.376 e. The molecule has 1 unspecified atom stereocenters. The summed E-state index contributed by atoms with van der Waals surface area (Å²) in [6.07, 6.45) is 2.39. The number of benzene rings is 1. The molecule has 0 bridgehead atoms. The van der Waals surface area contributed by atoms with E-state index in [0.29, 0.717) is 6.61 Å². The van der Waals surface area contributed by atoms with E-state index >= 15 is 0 Å². The van der Waals surface area contributed by atoms with E-state index in [1.165, 1.54) is 24.3 Å². The molecule has 1 aromatic carbocycles. The summed E-state index contributed by atoms with van der Waals surface area (Å²) in [5, 5.41) is 7.49. The summed E-state index contributed by atoms with van der Waals surface area (Å²) in [7, 11) is -3.85. The maximum Gasteiger partial charge on any atom is 0.328 e. The van der Waals surface area contributed by atoms with Gasteiger partial charge in [0.2, 0.25) is 10.0 Å². The molecular weight excluding hydrogens is 376 g/mol. The number of carbonyl (C=O) groups is 1. The number of aromatic amines is 1. The third kappa shape index (κ3) is 4.32. The summed E-state index contributed by atoms with van der Waals surface area (Å²) < 4.78 is 28.9. The zero-order valence-electron chi connectivity index (χ0n) is 14.2. The molecule has 1 fully saturated rings. The van der Waals surface area contributed by atoms with Crippen molar-refractivity contribution in [3.05, 3.63) is 56.9 Å². The van der Waals surface area contributed by atoms with Gasteiger partial charge in [-0.2, -0.15) is 0 Å². The number of nitrogens with two attached hydrogens (primary N) is 1. The normalized spacial score (nSPS) is 17.0. The number of sulfonamides is 1. The molecule has 2 aromatic rings. The molecule has 1 aliphatic rings. The van der Waals surface area contributed by atoms with Crippen LogP contribution in [0.2, 0.25) is 0 Å². The van der Waals surface area contributed by atoms with Crippen LogP contribution in [0.1, 0.15) is 23.2 Å². The Balaban J connectivity index is 1.82. The SMILES string of the molecule is NS(=O)(=O)c1ccc(NC(=O)c2c[nH]c(=O)n(CC3CCCO3)c2=O)cc1. The second-order valence-electron chi connectivity index (χ2n) is 6.08. The van der Waals surface area contributed by atoms with Gasteiger partial charge in [0.05, 0.1) is 17.5 Å². The molecule has 0 saturated carbocycles. The lowest BCUT2D eigenvalue weighted by Crippen LogP contribution is -2.41. The summed E-state index contributed by atoms with van der Waals surface area (Å²) in [5.74, 6) is -0.735. The third-order valence-corrected chi connectivity index (χ3v) is 5.09. The molecule has 1 amide bonds. The van der Waals surface area contributed by atoms with E-state index in [-0.39, 0.29) is 28.8 Å². The monoisotopic (exact) mass is 394 g/mol. The maximum atomic E-state index is 12.5. The summed E-state index contributed by atoms with van der Waals surface area (Å²) in [5.41, 5.74) is -1.33. The second kappa shape index (κ2) is 7.47. The van der Waals surface area contributed by atoms with Gasteiger partial charge in [0.25, 0.3) is 11.5 Å². The van der Waals surface area contributed by atoms with E-state index < -0.39 is 27.2 Å². The molecule has 0 aliphatic carbocycles. The Kier molecular flexibility index (Phi) is 5.26. The van der Waals surface area contributed by atoms with Gasteiger partial charge in [0.1, 0.15) is 5.56 Å². The maximum absolute atomic E-state index is 12.5. The van der Waals surface area contributed by atoms with Gasteiger partial charge in [0, 0.05) is 18.5 Å². The number of anilines is 1. The quantitative estimate of drug-likeness (QED) is 0.628. The Hall–Kier alpha value is -2.76. The highest BCUT2D eigenvalue weighted by Crippen LogP contribution is 2.14. The van der Waals surface area contributed by atoms with E-state index in [2.05, 4.69) is 10.3 Å².